The molecule has 2 fully saturated rings. The Morgan fingerprint density at radius 3 is 2.65 bits per heavy atom. The Balaban J connectivity index is 1.80. The van der Waals surface area contributed by atoms with Gasteiger partial charge < -0.3 is 19.9 Å². The number of methoxy groups -OCH3 is 1. The average Bonchev–Trinajstić information content (AvgIpc) is 2.96. The van der Waals surface area contributed by atoms with E-state index in [-0.39, 0.29) is 18.1 Å². The molecule has 0 radical (unpaired) electrons. The van der Waals surface area contributed by atoms with Gasteiger partial charge in [0.05, 0.1) is 12.1 Å². The van der Waals surface area contributed by atoms with Crippen LogP contribution in [-0.2, 0) is 9.53 Å². The molecule has 2 aliphatic rings. The summed E-state index contributed by atoms with van der Waals surface area (Å²) in [5, 5.41) is 3.28. The van der Waals surface area contributed by atoms with Gasteiger partial charge in [-0.15, -0.1) is 0 Å². The van der Waals surface area contributed by atoms with E-state index in [4.69, 9.17) is 4.74 Å². The topological polar surface area (TPSA) is 44.8 Å². The highest BCUT2D eigenvalue weighted by Crippen LogP contribution is 2.19. The van der Waals surface area contributed by atoms with E-state index in [1.165, 1.54) is 13.0 Å². The van der Waals surface area contributed by atoms with E-state index in [9.17, 15) is 4.79 Å². The Kier molecular flexibility index (Phi) is 5.81. The van der Waals surface area contributed by atoms with E-state index >= 15 is 0 Å². The molecular formula is C15H29N3O2. The summed E-state index contributed by atoms with van der Waals surface area (Å²) in [6.45, 7) is 6.43. The summed E-state index contributed by atoms with van der Waals surface area (Å²) in [5.41, 5.74) is 0. The lowest BCUT2D eigenvalue weighted by Gasteiger charge is -2.37. The molecule has 2 heterocycles. The molecule has 0 aromatic carbocycles. The molecule has 2 atom stereocenters. The largest absolute Gasteiger partial charge is 0.380 e. The molecule has 2 saturated heterocycles. The fraction of sp³-hybridized carbons (Fsp3) is 0.933. The number of piperidine rings is 1. The number of likely N-dealkylation sites (N-methyl/N-ethyl adjacent to an activating group) is 1. The Morgan fingerprint density at radius 2 is 2.10 bits per heavy atom. The summed E-state index contributed by atoms with van der Waals surface area (Å²) < 4.78 is 5.32. The van der Waals surface area contributed by atoms with Crippen molar-refractivity contribution in [3.8, 4) is 0 Å². The fourth-order valence-corrected chi connectivity index (χ4v) is 3.34. The lowest BCUT2D eigenvalue weighted by Crippen LogP contribution is -2.50. The van der Waals surface area contributed by atoms with Crippen LogP contribution in [-0.4, -0.2) is 74.2 Å². The van der Waals surface area contributed by atoms with E-state index in [0.717, 1.165) is 38.9 Å². The minimum Gasteiger partial charge on any atom is -0.380 e. The highest BCUT2D eigenvalue weighted by Gasteiger charge is 2.34. The van der Waals surface area contributed by atoms with E-state index in [2.05, 4.69) is 17.1 Å². The van der Waals surface area contributed by atoms with Crippen molar-refractivity contribution >= 4 is 5.91 Å². The van der Waals surface area contributed by atoms with Gasteiger partial charge in [0.2, 0.25) is 5.91 Å². The van der Waals surface area contributed by atoms with Crippen LogP contribution in [0.4, 0.5) is 0 Å². The van der Waals surface area contributed by atoms with Gasteiger partial charge in [0.1, 0.15) is 0 Å². The molecule has 2 unspecified atom stereocenters. The lowest BCUT2D eigenvalue weighted by atomic mass is 10.0. The van der Waals surface area contributed by atoms with Gasteiger partial charge in [0.15, 0.2) is 0 Å². The first-order valence-corrected chi connectivity index (χ1v) is 7.91. The number of likely N-dealkylation sites (tertiary alicyclic amines) is 1. The number of nitrogens with zero attached hydrogens (tertiary/aromatic N) is 2. The zero-order chi connectivity index (χ0) is 14.5. The third kappa shape index (κ3) is 3.71. The molecule has 2 aliphatic heterocycles. The average molecular weight is 283 g/mol. The second-order valence-corrected chi connectivity index (χ2v) is 6.08. The third-order valence-corrected chi connectivity index (χ3v) is 4.71. The third-order valence-electron chi connectivity index (χ3n) is 4.71. The van der Waals surface area contributed by atoms with Gasteiger partial charge >= 0.3 is 0 Å². The number of hydrogen-bond acceptors (Lipinski definition) is 4. The molecule has 0 aliphatic carbocycles. The van der Waals surface area contributed by atoms with Crippen LogP contribution in [0.25, 0.3) is 0 Å². The van der Waals surface area contributed by atoms with Gasteiger partial charge in [-0.25, -0.2) is 0 Å². The van der Waals surface area contributed by atoms with Crippen molar-refractivity contribution < 1.29 is 9.53 Å². The van der Waals surface area contributed by atoms with Gasteiger partial charge in [-0.05, 0) is 32.2 Å². The summed E-state index contributed by atoms with van der Waals surface area (Å²) in [6, 6.07) is 0.345. The number of hydrogen-bond donors (Lipinski definition) is 1. The van der Waals surface area contributed by atoms with Crippen molar-refractivity contribution in [2.75, 3.05) is 40.3 Å². The van der Waals surface area contributed by atoms with Crippen LogP contribution in [0.3, 0.4) is 0 Å². The van der Waals surface area contributed by atoms with E-state index in [1.807, 2.05) is 11.9 Å². The number of amides is 1. The quantitative estimate of drug-likeness (QED) is 0.806. The highest BCUT2D eigenvalue weighted by molar-refractivity contribution is 5.82. The van der Waals surface area contributed by atoms with Gasteiger partial charge in [0, 0.05) is 39.8 Å². The zero-order valence-electron chi connectivity index (χ0n) is 13.1. The smallest absolute Gasteiger partial charge is 0.239 e. The van der Waals surface area contributed by atoms with Crippen molar-refractivity contribution in [3.05, 3.63) is 0 Å². The first kappa shape index (κ1) is 15.7. The molecule has 116 valence electrons. The molecule has 5 heteroatoms. The number of ether oxygens (including phenoxy) is 1. The maximum atomic E-state index is 12.5. The Hall–Kier alpha value is -0.650. The van der Waals surface area contributed by atoms with Gasteiger partial charge in [-0.1, -0.05) is 6.92 Å². The summed E-state index contributed by atoms with van der Waals surface area (Å²) in [5.74, 6) is 0.235. The van der Waals surface area contributed by atoms with Crippen molar-refractivity contribution in [2.24, 2.45) is 0 Å². The monoisotopic (exact) mass is 283 g/mol. The minimum absolute atomic E-state index is 0.0568. The maximum Gasteiger partial charge on any atom is 0.239 e. The van der Waals surface area contributed by atoms with Crippen molar-refractivity contribution in [1.82, 2.24) is 15.1 Å². The highest BCUT2D eigenvalue weighted by atomic mass is 16.5. The summed E-state index contributed by atoms with van der Waals surface area (Å²) in [4.78, 5) is 17.0. The molecular weight excluding hydrogens is 254 g/mol. The van der Waals surface area contributed by atoms with Crippen LogP contribution >= 0.6 is 0 Å². The van der Waals surface area contributed by atoms with Gasteiger partial charge in [-0.2, -0.15) is 0 Å². The molecule has 0 aromatic rings. The molecule has 2 rings (SSSR count). The van der Waals surface area contributed by atoms with Crippen LogP contribution in [0, 0.1) is 0 Å². The van der Waals surface area contributed by atoms with E-state index < -0.39 is 0 Å². The summed E-state index contributed by atoms with van der Waals surface area (Å²) >= 11 is 0. The SMILES string of the molecule is CCCN1CCC(N(C)C(=O)C2CC(OC)CN2)CC1. The van der Waals surface area contributed by atoms with E-state index in [1.54, 1.807) is 7.11 Å². The molecule has 0 aromatic heterocycles. The van der Waals surface area contributed by atoms with Crippen LogP contribution in [0.2, 0.25) is 0 Å². The van der Waals surface area contributed by atoms with Crippen molar-refractivity contribution in [2.45, 2.75) is 50.8 Å². The van der Waals surface area contributed by atoms with Crippen LogP contribution < -0.4 is 5.32 Å². The Labute approximate surface area is 122 Å². The van der Waals surface area contributed by atoms with Crippen LogP contribution in [0.1, 0.15) is 32.6 Å². The zero-order valence-corrected chi connectivity index (χ0v) is 13.1. The van der Waals surface area contributed by atoms with Gasteiger partial charge in [-0.3, -0.25) is 4.79 Å². The predicted octanol–water partition coefficient (Wildman–Crippen LogP) is 0.696. The predicted molar refractivity (Wildman–Crippen MR) is 79.7 cm³/mol. The molecule has 0 bridgehead atoms. The first-order valence-electron chi connectivity index (χ1n) is 7.91. The molecule has 0 spiro atoms. The second kappa shape index (κ2) is 7.38. The summed E-state index contributed by atoms with van der Waals surface area (Å²) in [7, 11) is 3.68. The first-order chi connectivity index (χ1) is 9.65. The fourth-order valence-electron chi connectivity index (χ4n) is 3.34. The van der Waals surface area contributed by atoms with Crippen LogP contribution in [0.5, 0.6) is 0 Å². The maximum absolute atomic E-state index is 12.5. The molecule has 5 nitrogen and oxygen atoms in total. The number of rotatable bonds is 5. The van der Waals surface area contributed by atoms with Crippen molar-refractivity contribution in [1.29, 1.82) is 0 Å². The Morgan fingerprint density at radius 1 is 1.40 bits per heavy atom. The number of carbonyl (C=O) groups excluding carboxylic acids is 1. The number of nitrogens with one attached hydrogen (secondary N) is 1. The molecule has 1 N–H and O–H groups in total. The summed E-state index contributed by atoms with van der Waals surface area (Å²) in [6.07, 6.45) is 4.40. The molecule has 20 heavy (non-hydrogen) atoms. The normalized spacial score (nSPS) is 28.8. The van der Waals surface area contributed by atoms with Gasteiger partial charge in [0.25, 0.3) is 0 Å². The van der Waals surface area contributed by atoms with Crippen LogP contribution in [0.15, 0.2) is 0 Å². The Bertz CT molecular complexity index is 316. The standard InChI is InChI=1S/C15H29N3O2/c1-4-7-18-8-5-12(6-9-18)17(2)15(19)14-10-13(20-3)11-16-14/h12-14,16H,4-11H2,1-3H3. The van der Waals surface area contributed by atoms with Crippen molar-refractivity contribution in [3.63, 3.8) is 0 Å². The molecule has 0 saturated carbocycles. The minimum atomic E-state index is -0.0568. The van der Waals surface area contributed by atoms with E-state index in [0.29, 0.717) is 6.04 Å². The molecule has 1 amide bonds. The second-order valence-electron chi connectivity index (χ2n) is 6.08. The number of carbonyl (C=O) groups is 1. The lowest BCUT2D eigenvalue weighted by molar-refractivity contribution is -0.134.